The van der Waals surface area contributed by atoms with Crippen LogP contribution in [0.4, 0.5) is 5.69 Å². The molecule has 0 amide bonds. The number of anilines is 1. The van der Waals surface area contributed by atoms with E-state index in [1.165, 1.54) is 5.56 Å². The zero-order chi connectivity index (χ0) is 14.4. The third-order valence-corrected chi connectivity index (χ3v) is 3.56. The van der Waals surface area contributed by atoms with Crippen molar-refractivity contribution >= 4 is 11.5 Å². The van der Waals surface area contributed by atoms with Crippen molar-refractivity contribution in [3.63, 3.8) is 0 Å². The SMILES string of the molecule is CCc1ccc(N(C)CCC(=O)c2ccccc2)cc1. The molecule has 2 aromatic rings. The van der Waals surface area contributed by atoms with E-state index in [2.05, 4.69) is 36.1 Å². The van der Waals surface area contributed by atoms with Crippen molar-refractivity contribution in [1.29, 1.82) is 0 Å². The van der Waals surface area contributed by atoms with Crippen LogP contribution in [-0.4, -0.2) is 19.4 Å². The first-order chi connectivity index (χ1) is 9.70. The first-order valence-corrected chi connectivity index (χ1v) is 7.09. The molecule has 0 saturated carbocycles. The van der Waals surface area contributed by atoms with Crippen LogP contribution in [0.5, 0.6) is 0 Å². The van der Waals surface area contributed by atoms with Crippen molar-refractivity contribution in [2.24, 2.45) is 0 Å². The van der Waals surface area contributed by atoms with Crippen LogP contribution in [0.1, 0.15) is 29.3 Å². The number of benzene rings is 2. The summed E-state index contributed by atoms with van der Waals surface area (Å²) in [6.07, 6.45) is 1.59. The molecule has 2 aromatic carbocycles. The number of carbonyl (C=O) groups excluding carboxylic acids is 1. The zero-order valence-corrected chi connectivity index (χ0v) is 12.2. The highest BCUT2D eigenvalue weighted by Gasteiger charge is 2.07. The molecule has 0 aromatic heterocycles. The van der Waals surface area contributed by atoms with E-state index in [1.54, 1.807) is 0 Å². The second kappa shape index (κ2) is 6.90. The molecule has 0 heterocycles. The normalized spacial score (nSPS) is 10.3. The Morgan fingerprint density at radius 2 is 1.65 bits per heavy atom. The van der Waals surface area contributed by atoms with Gasteiger partial charge in [-0.05, 0) is 24.1 Å². The Bertz CT molecular complexity index is 545. The predicted molar refractivity (Wildman–Crippen MR) is 84.5 cm³/mol. The second-order valence-corrected chi connectivity index (χ2v) is 4.98. The average Bonchev–Trinajstić information content (AvgIpc) is 2.53. The quantitative estimate of drug-likeness (QED) is 0.738. The van der Waals surface area contributed by atoms with Crippen LogP contribution in [0.25, 0.3) is 0 Å². The highest BCUT2D eigenvalue weighted by Crippen LogP contribution is 2.15. The molecule has 0 unspecified atom stereocenters. The number of hydrogen-bond donors (Lipinski definition) is 0. The molecule has 20 heavy (non-hydrogen) atoms. The monoisotopic (exact) mass is 267 g/mol. The zero-order valence-electron chi connectivity index (χ0n) is 12.2. The summed E-state index contributed by atoms with van der Waals surface area (Å²) in [4.78, 5) is 14.2. The third kappa shape index (κ3) is 3.70. The topological polar surface area (TPSA) is 20.3 Å². The van der Waals surface area contributed by atoms with E-state index in [4.69, 9.17) is 0 Å². The van der Waals surface area contributed by atoms with Crippen LogP contribution in [0, 0.1) is 0 Å². The van der Waals surface area contributed by atoms with Gasteiger partial charge in [0, 0.05) is 31.3 Å². The number of ketones is 1. The van der Waals surface area contributed by atoms with Crippen molar-refractivity contribution in [2.45, 2.75) is 19.8 Å². The first kappa shape index (κ1) is 14.3. The van der Waals surface area contributed by atoms with E-state index in [0.717, 1.165) is 24.2 Å². The molecular formula is C18H21NO. The van der Waals surface area contributed by atoms with Crippen molar-refractivity contribution in [3.05, 3.63) is 65.7 Å². The van der Waals surface area contributed by atoms with Crippen LogP contribution in [0.15, 0.2) is 54.6 Å². The van der Waals surface area contributed by atoms with Gasteiger partial charge in [0.05, 0.1) is 0 Å². The van der Waals surface area contributed by atoms with Gasteiger partial charge in [0.1, 0.15) is 0 Å². The summed E-state index contributed by atoms with van der Waals surface area (Å²) < 4.78 is 0. The van der Waals surface area contributed by atoms with Gasteiger partial charge in [-0.2, -0.15) is 0 Å². The number of nitrogens with zero attached hydrogens (tertiary/aromatic N) is 1. The maximum absolute atomic E-state index is 12.1. The molecule has 2 rings (SSSR count). The van der Waals surface area contributed by atoms with Crippen LogP contribution in [0.3, 0.4) is 0 Å². The third-order valence-electron chi connectivity index (χ3n) is 3.56. The molecule has 0 saturated heterocycles. The Morgan fingerprint density at radius 1 is 1.00 bits per heavy atom. The number of aryl methyl sites for hydroxylation is 1. The summed E-state index contributed by atoms with van der Waals surface area (Å²) in [5, 5.41) is 0. The number of rotatable bonds is 6. The van der Waals surface area contributed by atoms with Crippen molar-refractivity contribution in [3.8, 4) is 0 Å². The van der Waals surface area contributed by atoms with Crippen molar-refractivity contribution in [2.75, 3.05) is 18.5 Å². The van der Waals surface area contributed by atoms with Gasteiger partial charge >= 0.3 is 0 Å². The van der Waals surface area contributed by atoms with E-state index in [0.29, 0.717) is 6.42 Å². The summed E-state index contributed by atoms with van der Waals surface area (Å²) in [7, 11) is 2.03. The maximum atomic E-state index is 12.1. The Labute approximate surface area is 121 Å². The van der Waals surface area contributed by atoms with Gasteiger partial charge in [0.2, 0.25) is 0 Å². The lowest BCUT2D eigenvalue weighted by molar-refractivity contribution is 0.0985. The van der Waals surface area contributed by atoms with E-state index in [-0.39, 0.29) is 5.78 Å². The van der Waals surface area contributed by atoms with Gasteiger partial charge in [-0.15, -0.1) is 0 Å². The molecule has 2 heteroatoms. The van der Waals surface area contributed by atoms with Gasteiger partial charge < -0.3 is 4.90 Å². The molecule has 0 aliphatic rings. The fourth-order valence-electron chi connectivity index (χ4n) is 2.15. The van der Waals surface area contributed by atoms with Crippen LogP contribution in [0.2, 0.25) is 0 Å². The lowest BCUT2D eigenvalue weighted by Gasteiger charge is -2.19. The highest BCUT2D eigenvalue weighted by molar-refractivity contribution is 5.96. The van der Waals surface area contributed by atoms with Crippen molar-refractivity contribution < 1.29 is 4.79 Å². The Hall–Kier alpha value is -2.09. The van der Waals surface area contributed by atoms with Gasteiger partial charge in [0.15, 0.2) is 5.78 Å². The molecule has 104 valence electrons. The average molecular weight is 267 g/mol. The second-order valence-electron chi connectivity index (χ2n) is 4.98. The van der Waals surface area contributed by atoms with E-state index in [1.807, 2.05) is 37.4 Å². The van der Waals surface area contributed by atoms with Crippen LogP contribution < -0.4 is 4.90 Å². The van der Waals surface area contributed by atoms with Gasteiger partial charge in [-0.25, -0.2) is 0 Å². The summed E-state index contributed by atoms with van der Waals surface area (Å²) in [5.74, 6) is 0.197. The molecule has 0 bridgehead atoms. The first-order valence-electron chi connectivity index (χ1n) is 7.09. The summed E-state index contributed by atoms with van der Waals surface area (Å²) in [6.45, 7) is 2.89. The molecule has 0 aliphatic carbocycles. The molecule has 0 atom stereocenters. The smallest absolute Gasteiger partial charge is 0.164 e. The van der Waals surface area contributed by atoms with Gasteiger partial charge in [-0.3, -0.25) is 4.79 Å². The standard InChI is InChI=1S/C18H21NO/c1-3-15-9-11-17(12-10-15)19(2)14-13-18(20)16-7-5-4-6-8-16/h4-12H,3,13-14H2,1-2H3. The van der Waals surface area contributed by atoms with Gasteiger partial charge in [-0.1, -0.05) is 49.4 Å². The minimum atomic E-state index is 0.197. The van der Waals surface area contributed by atoms with Crippen LogP contribution >= 0.6 is 0 Å². The van der Waals surface area contributed by atoms with Crippen molar-refractivity contribution in [1.82, 2.24) is 0 Å². The largest absolute Gasteiger partial charge is 0.374 e. The molecule has 0 N–H and O–H groups in total. The minimum Gasteiger partial charge on any atom is -0.374 e. The number of hydrogen-bond acceptors (Lipinski definition) is 2. The minimum absolute atomic E-state index is 0.197. The number of Topliss-reactive ketones (excluding diaryl/α,β-unsaturated/α-hetero) is 1. The molecule has 0 fully saturated rings. The number of carbonyl (C=O) groups is 1. The maximum Gasteiger partial charge on any atom is 0.164 e. The molecular weight excluding hydrogens is 246 g/mol. The van der Waals surface area contributed by atoms with Gasteiger partial charge in [0.25, 0.3) is 0 Å². The lowest BCUT2D eigenvalue weighted by atomic mass is 10.1. The lowest BCUT2D eigenvalue weighted by Crippen LogP contribution is -2.21. The van der Waals surface area contributed by atoms with E-state index in [9.17, 15) is 4.79 Å². The Morgan fingerprint density at radius 3 is 2.25 bits per heavy atom. The Kier molecular flexibility index (Phi) is 4.94. The molecule has 2 nitrogen and oxygen atoms in total. The summed E-state index contributed by atoms with van der Waals surface area (Å²) >= 11 is 0. The Balaban J connectivity index is 1.91. The summed E-state index contributed by atoms with van der Waals surface area (Å²) in [5.41, 5.74) is 3.29. The predicted octanol–water partition coefficient (Wildman–Crippen LogP) is 3.96. The molecule has 0 spiro atoms. The molecule has 0 radical (unpaired) electrons. The van der Waals surface area contributed by atoms with E-state index < -0.39 is 0 Å². The highest BCUT2D eigenvalue weighted by atomic mass is 16.1. The fourth-order valence-corrected chi connectivity index (χ4v) is 2.15. The van der Waals surface area contributed by atoms with E-state index >= 15 is 0 Å². The van der Waals surface area contributed by atoms with Crippen LogP contribution in [-0.2, 0) is 6.42 Å². The fraction of sp³-hybridized carbons (Fsp3) is 0.278. The molecule has 0 aliphatic heterocycles. The summed E-state index contributed by atoms with van der Waals surface area (Å²) in [6, 6.07) is 18.0.